The second-order valence-corrected chi connectivity index (χ2v) is 9.25. The van der Waals surface area contributed by atoms with Crippen molar-refractivity contribution in [3.05, 3.63) is 0 Å². The smallest absolute Gasteiger partial charge is 0.313 e. The van der Waals surface area contributed by atoms with E-state index >= 15 is 0 Å². The molecule has 0 radical (unpaired) electrons. The van der Waals surface area contributed by atoms with E-state index in [1.54, 1.807) is 0 Å². The third kappa shape index (κ3) is 23.6. The Balaban J connectivity index is 0. The van der Waals surface area contributed by atoms with Crippen LogP contribution < -0.4 is 0 Å². The molecule has 0 bridgehead atoms. The minimum Gasteiger partial charge on any atom is -0.726 e. The summed E-state index contributed by atoms with van der Waals surface area (Å²) in [5.41, 5.74) is 0. The highest BCUT2D eigenvalue weighted by atomic mass is 32.3. The lowest BCUT2D eigenvalue weighted by atomic mass is 10.0. The Labute approximate surface area is 180 Å². The highest BCUT2D eigenvalue weighted by Gasteiger charge is 2.22. The fourth-order valence-electron chi connectivity index (χ4n) is 2.92. The van der Waals surface area contributed by atoms with Crippen molar-refractivity contribution in [2.75, 3.05) is 27.2 Å². The molecule has 0 fully saturated rings. The van der Waals surface area contributed by atoms with E-state index in [1.165, 1.54) is 84.0 Å². The molecule has 1 amide bonds. The van der Waals surface area contributed by atoms with Crippen molar-refractivity contribution in [2.45, 2.75) is 111 Å². The summed E-state index contributed by atoms with van der Waals surface area (Å²) in [6.07, 6.45) is 18.5. The van der Waals surface area contributed by atoms with Crippen LogP contribution in [0.4, 0.5) is 0 Å². The number of carbonyl (C=O) groups is 1. The molecule has 0 rings (SSSR count). The van der Waals surface area contributed by atoms with E-state index in [2.05, 4.69) is 18.0 Å². The molecule has 0 atom stereocenters. The number of carbonyl (C=O) groups excluding carboxylic acids is 1. The van der Waals surface area contributed by atoms with Gasteiger partial charge in [-0.05, 0) is 20.3 Å². The summed E-state index contributed by atoms with van der Waals surface area (Å²) < 4.78 is 32.5. The van der Waals surface area contributed by atoms with Gasteiger partial charge in [0.25, 0.3) is 0 Å². The summed E-state index contributed by atoms with van der Waals surface area (Å²) in [4.78, 5) is 12.0. The van der Waals surface area contributed by atoms with Crippen molar-refractivity contribution >= 4 is 16.3 Å². The van der Waals surface area contributed by atoms with Crippen LogP contribution in [0.2, 0.25) is 0 Å². The summed E-state index contributed by atoms with van der Waals surface area (Å²) >= 11 is 0. The van der Waals surface area contributed by atoms with E-state index in [9.17, 15) is 17.8 Å². The SMILES string of the molecule is CCCCCCCCCCCCCCCC(=O)[N+](C)(C)CC.CCOS(=O)(=O)[O-]. The van der Waals surface area contributed by atoms with Crippen molar-refractivity contribution in [2.24, 2.45) is 0 Å². The predicted molar refractivity (Wildman–Crippen MR) is 119 cm³/mol. The average Bonchev–Trinajstić information content (AvgIpc) is 2.64. The van der Waals surface area contributed by atoms with Gasteiger partial charge in [0.05, 0.1) is 33.7 Å². The molecule has 0 heterocycles. The van der Waals surface area contributed by atoms with Gasteiger partial charge in [-0.3, -0.25) is 8.67 Å². The first-order valence-corrected chi connectivity index (χ1v) is 12.9. The van der Waals surface area contributed by atoms with E-state index in [0.717, 1.165) is 19.4 Å². The summed E-state index contributed by atoms with van der Waals surface area (Å²) in [7, 11) is -0.387. The lowest BCUT2D eigenvalue weighted by molar-refractivity contribution is -0.812. The van der Waals surface area contributed by atoms with Crippen molar-refractivity contribution in [3.63, 3.8) is 0 Å². The molecule has 0 unspecified atom stereocenters. The lowest BCUT2D eigenvalue weighted by Gasteiger charge is -2.24. The Morgan fingerprint density at radius 3 is 1.41 bits per heavy atom. The van der Waals surface area contributed by atoms with E-state index in [0.29, 0.717) is 10.4 Å². The number of quaternary nitrogens is 1. The molecule has 0 aliphatic heterocycles. The second-order valence-electron chi connectivity index (χ2n) is 8.20. The van der Waals surface area contributed by atoms with Crippen LogP contribution in [-0.2, 0) is 19.4 Å². The molecule has 0 saturated heterocycles. The van der Waals surface area contributed by atoms with Crippen LogP contribution >= 0.6 is 0 Å². The monoisotopic (exact) mass is 437 g/mol. The molecule has 6 nitrogen and oxygen atoms in total. The highest BCUT2D eigenvalue weighted by molar-refractivity contribution is 7.80. The topological polar surface area (TPSA) is 83.5 Å². The van der Waals surface area contributed by atoms with Gasteiger partial charge in [-0.1, -0.05) is 84.0 Å². The van der Waals surface area contributed by atoms with Gasteiger partial charge in [0.1, 0.15) is 0 Å². The molecule has 0 aromatic heterocycles. The number of rotatable bonds is 17. The lowest BCUT2D eigenvalue weighted by Crippen LogP contribution is -2.45. The van der Waals surface area contributed by atoms with E-state index < -0.39 is 10.4 Å². The Bertz CT molecular complexity index is 478. The van der Waals surface area contributed by atoms with Crippen LogP contribution in [0.1, 0.15) is 111 Å². The molecular weight excluding hydrogens is 390 g/mol. The van der Waals surface area contributed by atoms with Gasteiger partial charge in [0, 0.05) is 0 Å². The minimum atomic E-state index is -4.42. The highest BCUT2D eigenvalue weighted by Crippen LogP contribution is 2.13. The standard InChI is InChI=1S/C20H42NO.C2H6O4S/c1-5-7-8-9-10-11-12-13-14-15-16-17-18-19-20(22)21(3,4)6-2;1-2-6-7(3,4)5/h5-19H2,1-4H3;2H2,1H3,(H,3,4,5)/q+1;/p-1. The van der Waals surface area contributed by atoms with Crippen LogP contribution in [0.3, 0.4) is 0 Å². The Kier molecular flexibility index (Phi) is 20.6. The fourth-order valence-corrected chi connectivity index (χ4v) is 3.21. The maximum Gasteiger partial charge on any atom is 0.313 e. The van der Waals surface area contributed by atoms with Gasteiger partial charge in [0.2, 0.25) is 10.4 Å². The zero-order chi connectivity index (χ0) is 22.6. The first-order valence-electron chi connectivity index (χ1n) is 11.6. The molecular formula is C22H47NO5S. The van der Waals surface area contributed by atoms with Crippen molar-refractivity contribution < 1.29 is 26.4 Å². The van der Waals surface area contributed by atoms with Gasteiger partial charge in [-0.25, -0.2) is 13.2 Å². The fraction of sp³-hybridized carbons (Fsp3) is 0.955. The Hall–Kier alpha value is -0.500. The molecule has 0 aromatic carbocycles. The van der Waals surface area contributed by atoms with Gasteiger partial charge in [0.15, 0.2) is 0 Å². The van der Waals surface area contributed by atoms with Crippen LogP contribution in [0.15, 0.2) is 0 Å². The number of unbranched alkanes of at least 4 members (excludes halogenated alkanes) is 12. The minimum absolute atomic E-state index is 0.0914. The summed E-state index contributed by atoms with van der Waals surface area (Å²) in [5, 5.41) is 0. The molecule has 176 valence electrons. The third-order valence-corrected chi connectivity index (χ3v) is 5.75. The molecule has 0 aliphatic carbocycles. The molecule has 0 aromatic rings. The van der Waals surface area contributed by atoms with Crippen LogP contribution in [-0.4, -0.2) is 50.6 Å². The first kappa shape index (κ1) is 30.7. The predicted octanol–water partition coefficient (Wildman–Crippen LogP) is 5.57. The molecule has 0 aliphatic rings. The number of hydrogen-bond acceptors (Lipinski definition) is 5. The molecule has 0 N–H and O–H groups in total. The number of amides is 1. The van der Waals surface area contributed by atoms with E-state index in [1.807, 2.05) is 14.1 Å². The van der Waals surface area contributed by atoms with Crippen molar-refractivity contribution in [3.8, 4) is 0 Å². The second kappa shape index (κ2) is 19.5. The summed E-state index contributed by atoms with van der Waals surface area (Å²) in [6.45, 7) is 6.60. The number of nitrogens with zero attached hydrogens (tertiary/aromatic N) is 1. The van der Waals surface area contributed by atoms with Gasteiger partial charge in [-0.15, -0.1) is 0 Å². The quantitative estimate of drug-likeness (QED) is 0.128. The maximum absolute atomic E-state index is 12.0. The average molecular weight is 438 g/mol. The van der Waals surface area contributed by atoms with Crippen LogP contribution in [0, 0.1) is 0 Å². The molecule has 0 spiro atoms. The van der Waals surface area contributed by atoms with Crippen LogP contribution in [0.5, 0.6) is 0 Å². The maximum atomic E-state index is 12.0. The summed E-state index contributed by atoms with van der Waals surface area (Å²) in [5.74, 6) is 0.394. The van der Waals surface area contributed by atoms with E-state index in [4.69, 9.17) is 0 Å². The summed E-state index contributed by atoms with van der Waals surface area (Å²) in [6, 6.07) is 0. The van der Waals surface area contributed by atoms with Crippen LogP contribution in [0.25, 0.3) is 0 Å². The zero-order valence-corrected chi connectivity index (χ0v) is 20.5. The first-order chi connectivity index (χ1) is 13.6. The zero-order valence-electron chi connectivity index (χ0n) is 19.7. The Morgan fingerprint density at radius 2 is 1.14 bits per heavy atom. The molecule has 7 heteroatoms. The van der Waals surface area contributed by atoms with E-state index in [-0.39, 0.29) is 6.61 Å². The number of hydrogen-bond donors (Lipinski definition) is 0. The van der Waals surface area contributed by atoms with Gasteiger partial charge < -0.3 is 4.55 Å². The van der Waals surface area contributed by atoms with Crippen molar-refractivity contribution in [1.82, 2.24) is 0 Å². The molecule has 29 heavy (non-hydrogen) atoms. The third-order valence-electron chi connectivity index (χ3n) is 5.22. The Morgan fingerprint density at radius 1 is 0.759 bits per heavy atom. The molecule has 0 saturated carbocycles. The van der Waals surface area contributed by atoms with Crippen molar-refractivity contribution in [1.29, 1.82) is 0 Å². The normalized spacial score (nSPS) is 11.8. The van der Waals surface area contributed by atoms with Gasteiger partial charge >= 0.3 is 5.91 Å². The largest absolute Gasteiger partial charge is 0.726 e. The van der Waals surface area contributed by atoms with Gasteiger partial charge in [-0.2, -0.15) is 0 Å².